The summed E-state index contributed by atoms with van der Waals surface area (Å²) in [5.41, 5.74) is 0. The summed E-state index contributed by atoms with van der Waals surface area (Å²) in [5, 5.41) is 0. The van der Waals surface area contributed by atoms with Gasteiger partial charge in [0.05, 0.1) is 0 Å². The monoisotopic (exact) mass is 187 g/mol. The molecule has 1 heterocycles. The summed E-state index contributed by atoms with van der Waals surface area (Å²) in [4.78, 5) is 2.21. The Bertz CT molecular complexity index is 149. The zero-order valence-corrected chi connectivity index (χ0v) is 9.09. The number of hydrogen-bond acceptors (Lipinski definition) is 1. The number of likely N-dealkylation sites (tertiary alicyclic amines) is 1. The lowest BCUT2D eigenvalue weighted by Crippen LogP contribution is -2.43. The van der Waals surface area contributed by atoms with E-state index in [1.165, 1.54) is 0 Å². The second-order valence-corrected chi connectivity index (χ2v) is 4.25. The lowest BCUT2D eigenvalue weighted by Gasteiger charge is -2.36. The Balaban J connectivity index is 2.43. The molecule has 0 saturated carbocycles. The van der Waals surface area contributed by atoms with Crippen LogP contribution < -0.4 is 0 Å². The van der Waals surface area contributed by atoms with Crippen molar-refractivity contribution in [2.75, 3.05) is 19.6 Å². The van der Waals surface area contributed by atoms with Crippen LogP contribution in [0.15, 0.2) is 0 Å². The van der Waals surface area contributed by atoms with Crippen LogP contribution in [0.2, 0.25) is 0 Å². The Morgan fingerprint density at radius 2 is 2.15 bits per heavy atom. The van der Waals surface area contributed by atoms with Crippen LogP contribution in [0.4, 0.5) is 4.39 Å². The van der Waals surface area contributed by atoms with Gasteiger partial charge in [-0.15, -0.1) is 0 Å². The molecule has 1 aliphatic rings. The molecule has 78 valence electrons. The minimum Gasteiger partial charge on any atom is -0.301 e. The number of hydrogen-bond donors (Lipinski definition) is 0. The van der Waals surface area contributed by atoms with Gasteiger partial charge in [0.1, 0.15) is 6.17 Å². The fourth-order valence-corrected chi connectivity index (χ4v) is 2.22. The molecule has 0 bridgehead atoms. The number of piperidine rings is 1. The third-order valence-corrected chi connectivity index (χ3v) is 3.50. The van der Waals surface area contributed by atoms with Crippen molar-refractivity contribution in [3.05, 3.63) is 0 Å². The second-order valence-electron chi connectivity index (χ2n) is 4.25. The quantitative estimate of drug-likeness (QED) is 0.656. The predicted octanol–water partition coefficient (Wildman–Crippen LogP) is 2.71. The van der Waals surface area contributed by atoms with E-state index in [1.807, 2.05) is 0 Å². The number of rotatable bonds is 3. The SMILES string of the molecule is CCC(C)C1CCN(CC)CC1F. The molecule has 0 aromatic rings. The van der Waals surface area contributed by atoms with Crippen LogP contribution in [0.25, 0.3) is 0 Å². The van der Waals surface area contributed by atoms with Gasteiger partial charge >= 0.3 is 0 Å². The summed E-state index contributed by atoms with van der Waals surface area (Å²) in [6.45, 7) is 9.18. The van der Waals surface area contributed by atoms with Gasteiger partial charge in [-0.1, -0.05) is 27.2 Å². The maximum atomic E-state index is 13.7. The summed E-state index contributed by atoms with van der Waals surface area (Å²) in [6.07, 6.45) is 1.56. The molecule has 3 atom stereocenters. The summed E-state index contributed by atoms with van der Waals surface area (Å²) >= 11 is 0. The first-order valence-corrected chi connectivity index (χ1v) is 5.55. The van der Waals surface area contributed by atoms with Crippen molar-refractivity contribution < 1.29 is 4.39 Å². The molecule has 0 aromatic heterocycles. The molecule has 13 heavy (non-hydrogen) atoms. The molecule has 1 fully saturated rings. The summed E-state index contributed by atoms with van der Waals surface area (Å²) in [5.74, 6) is 0.863. The molecular formula is C11H22FN. The van der Waals surface area contributed by atoms with E-state index in [9.17, 15) is 4.39 Å². The fourth-order valence-electron chi connectivity index (χ4n) is 2.22. The van der Waals surface area contributed by atoms with E-state index in [2.05, 4.69) is 25.7 Å². The van der Waals surface area contributed by atoms with Crippen molar-refractivity contribution in [3.63, 3.8) is 0 Å². The van der Waals surface area contributed by atoms with Gasteiger partial charge in [0, 0.05) is 6.54 Å². The molecule has 0 radical (unpaired) electrons. The Morgan fingerprint density at radius 1 is 1.46 bits per heavy atom. The molecule has 3 unspecified atom stereocenters. The minimum atomic E-state index is -0.594. The van der Waals surface area contributed by atoms with E-state index >= 15 is 0 Å². The maximum absolute atomic E-state index is 13.7. The van der Waals surface area contributed by atoms with Crippen molar-refractivity contribution in [3.8, 4) is 0 Å². The third kappa shape index (κ3) is 2.67. The van der Waals surface area contributed by atoms with E-state index in [4.69, 9.17) is 0 Å². The van der Waals surface area contributed by atoms with Crippen LogP contribution in [0.3, 0.4) is 0 Å². The van der Waals surface area contributed by atoms with Gasteiger partial charge in [0.15, 0.2) is 0 Å². The molecule has 0 amide bonds. The third-order valence-electron chi connectivity index (χ3n) is 3.50. The summed E-state index contributed by atoms with van der Waals surface area (Å²) in [7, 11) is 0. The molecular weight excluding hydrogens is 165 g/mol. The van der Waals surface area contributed by atoms with E-state index in [-0.39, 0.29) is 0 Å². The van der Waals surface area contributed by atoms with Gasteiger partial charge in [-0.05, 0) is 31.3 Å². The van der Waals surface area contributed by atoms with Gasteiger partial charge in [-0.3, -0.25) is 0 Å². The lowest BCUT2D eigenvalue weighted by atomic mass is 9.83. The topological polar surface area (TPSA) is 3.24 Å². The smallest absolute Gasteiger partial charge is 0.116 e. The molecule has 0 aliphatic carbocycles. The zero-order chi connectivity index (χ0) is 9.84. The van der Waals surface area contributed by atoms with Crippen LogP contribution in [0, 0.1) is 11.8 Å². The number of nitrogens with zero attached hydrogens (tertiary/aromatic N) is 1. The lowest BCUT2D eigenvalue weighted by molar-refractivity contribution is 0.0590. The van der Waals surface area contributed by atoms with Gasteiger partial charge in [0.25, 0.3) is 0 Å². The normalized spacial score (nSPS) is 33.2. The summed E-state index contributed by atoms with van der Waals surface area (Å²) < 4.78 is 13.7. The maximum Gasteiger partial charge on any atom is 0.116 e. The van der Waals surface area contributed by atoms with Crippen LogP contribution in [-0.4, -0.2) is 30.7 Å². The van der Waals surface area contributed by atoms with Crippen LogP contribution in [0.1, 0.15) is 33.6 Å². The van der Waals surface area contributed by atoms with Crippen molar-refractivity contribution in [2.24, 2.45) is 11.8 Å². The van der Waals surface area contributed by atoms with Crippen molar-refractivity contribution >= 4 is 0 Å². The molecule has 0 N–H and O–H groups in total. The molecule has 1 saturated heterocycles. The summed E-state index contributed by atoms with van der Waals surface area (Å²) in [6, 6.07) is 0. The average Bonchev–Trinajstić information content (AvgIpc) is 2.16. The van der Waals surface area contributed by atoms with E-state index < -0.39 is 6.17 Å². The predicted molar refractivity (Wildman–Crippen MR) is 54.6 cm³/mol. The highest BCUT2D eigenvalue weighted by atomic mass is 19.1. The van der Waals surface area contributed by atoms with E-state index in [0.29, 0.717) is 18.4 Å². The number of alkyl halides is 1. The van der Waals surface area contributed by atoms with Gasteiger partial charge in [0.2, 0.25) is 0 Å². The Morgan fingerprint density at radius 3 is 2.62 bits per heavy atom. The highest BCUT2D eigenvalue weighted by Crippen LogP contribution is 2.28. The molecule has 1 nitrogen and oxygen atoms in total. The fraction of sp³-hybridized carbons (Fsp3) is 1.00. The molecule has 1 aliphatic heterocycles. The van der Waals surface area contributed by atoms with Gasteiger partial charge in [-0.2, -0.15) is 0 Å². The largest absolute Gasteiger partial charge is 0.301 e. The first kappa shape index (κ1) is 11.0. The zero-order valence-electron chi connectivity index (χ0n) is 9.09. The molecule has 0 aromatic carbocycles. The Hall–Kier alpha value is -0.110. The first-order valence-electron chi connectivity index (χ1n) is 5.55. The Labute approximate surface area is 81.3 Å². The van der Waals surface area contributed by atoms with Crippen molar-refractivity contribution in [2.45, 2.75) is 39.8 Å². The van der Waals surface area contributed by atoms with Gasteiger partial charge in [-0.25, -0.2) is 4.39 Å². The highest BCUT2D eigenvalue weighted by Gasteiger charge is 2.31. The minimum absolute atomic E-state index is 0.313. The standard InChI is InChI=1S/C11H22FN/c1-4-9(3)10-6-7-13(5-2)8-11(10)12/h9-11H,4-8H2,1-3H3. The molecule has 2 heteroatoms. The Kier molecular flexibility index (Phi) is 4.17. The number of halogens is 1. The van der Waals surface area contributed by atoms with Crippen LogP contribution in [0.5, 0.6) is 0 Å². The van der Waals surface area contributed by atoms with Crippen molar-refractivity contribution in [1.82, 2.24) is 4.90 Å². The van der Waals surface area contributed by atoms with Crippen LogP contribution >= 0.6 is 0 Å². The van der Waals surface area contributed by atoms with Crippen molar-refractivity contribution in [1.29, 1.82) is 0 Å². The second kappa shape index (κ2) is 4.94. The molecule has 0 spiro atoms. The highest BCUT2D eigenvalue weighted by molar-refractivity contribution is 4.82. The van der Waals surface area contributed by atoms with Gasteiger partial charge < -0.3 is 4.90 Å². The molecule has 1 rings (SSSR count). The van der Waals surface area contributed by atoms with E-state index in [0.717, 1.165) is 25.9 Å². The van der Waals surface area contributed by atoms with Crippen LogP contribution in [-0.2, 0) is 0 Å². The average molecular weight is 187 g/mol. The first-order chi connectivity index (χ1) is 6.19. The van der Waals surface area contributed by atoms with E-state index in [1.54, 1.807) is 0 Å².